The van der Waals surface area contributed by atoms with Crippen molar-refractivity contribution in [1.82, 2.24) is 25.1 Å². The van der Waals surface area contributed by atoms with Crippen LogP contribution in [-0.2, 0) is 24.3 Å². The summed E-state index contributed by atoms with van der Waals surface area (Å²) < 4.78 is 0. The average molecular weight is 422 g/mol. The van der Waals surface area contributed by atoms with Crippen LogP contribution in [0, 0.1) is 5.92 Å². The molecule has 2 aliphatic heterocycles. The van der Waals surface area contributed by atoms with Gasteiger partial charge in [0.25, 0.3) is 0 Å². The topological polar surface area (TPSA) is 61.4 Å². The Morgan fingerprint density at radius 1 is 1.10 bits per heavy atom. The first-order chi connectivity index (χ1) is 15.2. The van der Waals surface area contributed by atoms with E-state index >= 15 is 0 Å². The molecule has 0 aromatic carbocycles. The number of nitrogens with one attached hydrogen (secondary N) is 1. The van der Waals surface area contributed by atoms with Gasteiger partial charge in [-0.25, -0.2) is 0 Å². The predicted molar refractivity (Wildman–Crippen MR) is 122 cm³/mol. The number of piperidine rings is 2. The standard InChI is InChI=1S/C25H35N5O/c1-2-20-7-8-23(27-16-20)19-29-13-9-24(10-14-29)30-12-4-6-22(18-30)25(31)28-17-21-5-3-11-26-15-21/h3,5,7-8,11,15-16,22,24H,2,4,6,9-10,12-14,17-19H2,1H3,(H,28,31)/t22-/m0/s1. The fourth-order valence-electron chi connectivity index (χ4n) is 4.82. The molecule has 1 atom stereocenters. The van der Waals surface area contributed by atoms with Gasteiger partial charge in [-0.05, 0) is 61.9 Å². The molecule has 6 nitrogen and oxygen atoms in total. The molecule has 4 rings (SSSR count). The molecular weight excluding hydrogens is 386 g/mol. The van der Waals surface area contributed by atoms with Gasteiger partial charge in [0.2, 0.25) is 5.91 Å². The van der Waals surface area contributed by atoms with Crippen LogP contribution in [0.1, 0.15) is 49.4 Å². The Balaban J connectivity index is 1.22. The summed E-state index contributed by atoms with van der Waals surface area (Å²) >= 11 is 0. The third kappa shape index (κ3) is 6.11. The highest BCUT2D eigenvalue weighted by Gasteiger charge is 2.31. The molecule has 2 saturated heterocycles. The van der Waals surface area contributed by atoms with Crippen LogP contribution in [0.5, 0.6) is 0 Å². The minimum Gasteiger partial charge on any atom is -0.352 e. The number of rotatable bonds is 7. The molecule has 31 heavy (non-hydrogen) atoms. The van der Waals surface area contributed by atoms with Gasteiger partial charge in [0, 0.05) is 57.4 Å². The monoisotopic (exact) mass is 421 g/mol. The van der Waals surface area contributed by atoms with E-state index < -0.39 is 0 Å². The van der Waals surface area contributed by atoms with Crippen molar-refractivity contribution in [2.45, 2.75) is 58.2 Å². The summed E-state index contributed by atoms with van der Waals surface area (Å²) in [5, 5.41) is 3.11. The number of amides is 1. The first-order valence-corrected chi connectivity index (χ1v) is 11.8. The van der Waals surface area contributed by atoms with Gasteiger partial charge in [0.1, 0.15) is 0 Å². The Hall–Kier alpha value is -2.31. The molecule has 2 aromatic heterocycles. The SMILES string of the molecule is CCc1ccc(CN2CCC(N3CCC[C@H](C(=O)NCc4cccnc4)C3)CC2)nc1. The van der Waals surface area contributed by atoms with Crippen LogP contribution in [-0.4, -0.2) is 57.9 Å². The fraction of sp³-hybridized carbons (Fsp3) is 0.560. The Bertz CT molecular complexity index is 818. The molecule has 1 N–H and O–H groups in total. The second-order valence-electron chi connectivity index (χ2n) is 8.93. The molecule has 0 radical (unpaired) electrons. The molecule has 0 bridgehead atoms. The second kappa shape index (κ2) is 10.8. The van der Waals surface area contributed by atoms with E-state index in [-0.39, 0.29) is 11.8 Å². The summed E-state index contributed by atoms with van der Waals surface area (Å²) in [5.41, 5.74) is 3.51. The smallest absolute Gasteiger partial charge is 0.224 e. The van der Waals surface area contributed by atoms with Crippen LogP contribution in [0.4, 0.5) is 0 Å². The lowest BCUT2D eigenvalue weighted by atomic mass is 9.93. The Labute approximate surface area is 186 Å². The van der Waals surface area contributed by atoms with Crippen molar-refractivity contribution >= 4 is 5.91 Å². The fourth-order valence-corrected chi connectivity index (χ4v) is 4.82. The summed E-state index contributed by atoms with van der Waals surface area (Å²) in [4.78, 5) is 26.6. The molecule has 0 saturated carbocycles. The van der Waals surface area contributed by atoms with E-state index in [2.05, 4.69) is 44.1 Å². The zero-order chi connectivity index (χ0) is 21.5. The van der Waals surface area contributed by atoms with Crippen molar-refractivity contribution in [2.24, 2.45) is 5.92 Å². The van der Waals surface area contributed by atoms with E-state index in [4.69, 9.17) is 0 Å². The highest BCUT2D eigenvalue weighted by molar-refractivity contribution is 5.78. The molecule has 0 spiro atoms. The number of carbonyl (C=O) groups is 1. The molecule has 4 heterocycles. The number of nitrogens with zero attached hydrogens (tertiary/aromatic N) is 4. The number of pyridine rings is 2. The first kappa shape index (κ1) is 21.9. The Kier molecular flexibility index (Phi) is 7.65. The maximum atomic E-state index is 12.7. The predicted octanol–water partition coefficient (Wildman–Crippen LogP) is 3.03. The van der Waals surface area contributed by atoms with E-state index in [0.717, 1.165) is 57.5 Å². The zero-order valence-corrected chi connectivity index (χ0v) is 18.7. The lowest BCUT2D eigenvalue weighted by Crippen LogP contribution is -2.50. The van der Waals surface area contributed by atoms with Gasteiger partial charge < -0.3 is 5.32 Å². The van der Waals surface area contributed by atoms with Gasteiger partial charge in [-0.15, -0.1) is 0 Å². The molecule has 0 unspecified atom stereocenters. The summed E-state index contributed by atoms with van der Waals surface area (Å²) in [6.45, 7) is 7.90. The Morgan fingerprint density at radius 3 is 2.68 bits per heavy atom. The van der Waals surface area contributed by atoms with Crippen LogP contribution >= 0.6 is 0 Å². The normalized spacial score (nSPS) is 21.1. The third-order valence-electron chi connectivity index (χ3n) is 6.77. The number of hydrogen-bond acceptors (Lipinski definition) is 5. The number of carbonyl (C=O) groups excluding carboxylic acids is 1. The van der Waals surface area contributed by atoms with Crippen molar-refractivity contribution in [3.63, 3.8) is 0 Å². The minimum atomic E-state index is 0.102. The van der Waals surface area contributed by atoms with Crippen molar-refractivity contribution in [3.8, 4) is 0 Å². The highest BCUT2D eigenvalue weighted by Crippen LogP contribution is 2.24. The minimum absolute atomic E-state index is 0.102. The van der Waals surface area contributed by atoms with Gasteiger partial charge in [-0.3, -0.25) is 24.6 Å². The van der Waals surface area contributed by atoms with Crippen molar-refractivity contribution < 1.29 is 4.79 Å². The first-order valence-electron chi connectivity index (χ1n) is 11.8. The van der Waals surface area contributed by atoms with E-state index in [0.29, 0.717) is 12.6 Å². The third-order valence-corrected chi connectivity index (χ3v) is 6.77. The number of hydrogen-bond donors (Lipinski definition) is 1. The van der Waals surface area contributed by atoms with Gasteiger partial charge >= 0.3 is 0 Å². The van der Waals surface area contributed by atoms with Gasteiger partial charge in [0.15, 0.2) is 0 Å². The van der Waals surface area contributed by atoms with Gasteiger partial charge in [-0.1, -0.05) is 19.1 Å². The van der Waals surface area contributed by atoms with Gasteiger partial charge in [0.05, 0.1) is 11.6 Å². The summed E-state index contributed by atoms with van der Waals surface area (Å²) in [6.07, 6.45) is 11.1. The largest absolute Gasteiger partial charge is 0.352 e. The number of aryl methyl sites for hydroxylation is 1. The molecule has 166 valence electrons. The van der Waals surface area contributed by atoms with Crippen LogP contribution in [0.2, 0.25) is 0 Å². The maximum absolute atomic E-state index is 12.7. The van der Waals surface area contributed by atoms with Gasteiger partial charge in [-0.2, -0.15) is 0 Å². The quantitative estimate of drug-likeness (QED) is 0.745. The lowest BCUT2D eigenvalue weighted by Gasteiger charge is -2.42. The molecule has 6 heteroatoms. The highest BCUT2D eigenvalue weighted by atomic mass is 16.1. The van der Waals surface area contributed by atoms with Crippen molar-refractivity contribution in [3.05, 3.63) is 59.7 Å². The van der Waals surface area contributed by atoms with Crippen LogP contribution in [0.3, 0.4) is 0 Å². The van der Waals surface area contributed by atoms with E-state index in [1.807, 2.05) is 24.5 Å². The van der Waals surface area contributed by atoms with E-state index in [1.165, 1.54) is 24.1 Å². The average Bonchev–Trinajstić information content (AvgIpc) is 2.84. The summed E-state index contributed by atoms with van der Waals surface area (Å²) in [7, 11) is 0. The Morgan fingerprint density at radius 2 is 1.97 bits per heavy atom. The number of likely N-dealkylation sites (tertiary alicyclic amines) is 2. The summed E-state index contributed by atoms with van der Waals surface area (Å²) in [5.74, 6) is 0.289. The zero-order valence-electron chi connectivity index (χ0n) is 18.7. The van der Waals surface area contributed by atoms with Crippen LogP contribution in [0.25, 0.3) is 0 Å². The molecule has 2 aliphatic rings. The molecular formula is C25H35N5O. The van der Waals surface area contributed by atoms with Crippen molar-refractivity contribution in [1.29, 1.82) is 0 Å². The number of aromatic nitrogens is 2. The summed E-state index contributed by atoms with van der Waals surface area (Å²) in [6, 6.07) is 8.88. The molecule has 1 amide bonds. The maximum Gasteiger partial charge on any atom is 0.224 e. The molecule has 2 fully saturated rings. The van der Waals surface area contributed by atoms with Crippen LogP contribution < -0.4 is 5.32 Å². The molecule has 2 aromatic rings. The second-order valence-corrected chi connectivity index (χ2v) is 8.93. The lowest BCUT2D eigenvalue weighted by molar-refractivity contribution is -0.127. The van der Waals surface area contributed by atoms with E-state index in [9.17, 15) is 4.79 Å². The van der Waals surface area contributed by atoms with E-state index in [1.54, 1.807) is 6.20 Å². The van der Waals surface area contributed by atoms with Crippen molar-refractivity contribution in [2.75, 3.05) is 26.2 Å². The molecule has 0 aliphatic carbocycles. The van der Waals surface area contributed by atoms with Crippen LogP contribution in [0.15, 0.2) is 42.9 Å².